The summed E-state index contributed by atoms with van der Waals surface area (Å²) in [6, 6.07) is 5.32. The normalized spacial score (nSPS) is 16.8. The molecular weight excluding hydrogens is 469 g/mol. The van der Waals surface area contributed by atoms with Crippen LogP contribution in [0.15, 0.2) is 24.3 Å². The maximum absolute atomic E-state index is 15.1. The Kier molecular flexibility index (Phi) is 6.55. The highest BCUT2D eigenvalue weighted by Gasteiger charge is 2.35. The third kappa shape index (κ3) is 4.28. The van der Waals surface area contributed by atoms with Crippen molar-refractivity contribution >= 4 is 22.4 Å². The number of alkyl halides is 2. The topological polar surface area (TPSA) is 70.5 Å². The number of nitrogens with one attached hydrogen (secondary N) is 1. The molecule has 6 nitrogen and oxygen atoms in total. The molecule has 3 aromatic rings. The molecular formula is C27H31F3N4O2. The Bertz CT molecular complexity index is 1290. The van der Waals surface area contributed by atoms with Crippen LogP contribution in [0.25, 0.3) is 10.9 Å². The summed E-state index contributed by atoms with van der Waals surface area (Å²) in [5.74, 6) is -3.05. The summed E-state index contributed by atoms with van der Waals surface area (Å²) in [5, 5.41) is 13.2. The molecule has 0 bridgehead atoms. The van der Waals surface area contributed by atoms with Gasteiger partial charge in [-0.3, -0.25) is 0 Å². The summed E-state index contributed by atoms with van der Waals surface area (Å²) in [6.07, 6.45) is 3.01. The Morgan fingerprint density at radius 1 is 1.22 bits per heavy atom. The number of halogens is 3. The molecule has 36 heavy (non-hydrogen) atoms. The van der Waals surface area contributed by atoms with Crippen molar-refractivity contribution in [2.45, 2.75) is 45.1 Å². The van der Waals surface area contributed by atoms with Gasteiger partial charge in [0.15, 0.2) is 0 Å². The van der Waals surface area contributed by atoms with Gasteiger partial charge in [-0.05, 0) is 56.4 Å². The average molecular weight is 501 g/mol. The van der Waals surface area contributed by atoms with Crippen molar-refractivity contribution in [2.24, 2.45) is 5.92 Å². The average Bonchev–Trinajstić information content (AvgIpc) is 3.31. The lowest BCUT2D eigenvalue weighted by atomic mass is 9.95. The summed E-state index contributed by atoms with van der Waals surface area (Å²) < 4.78 is 48.6. The number of aliphatic hydroxyl groups is 1. The molecule has 1 aliphatic carbocycles. The van der Waals surface area contributed by atoms with Crippen LogP contribution >= 0.6 is 0 Å². The minimum atomic E-state index is -3.66. The summed E-state index contributed by atoms with van der Waals surface area (Å²) in [7, 11) is 1.72. The molecule has 2 aromatic carbocycles. The fourth-order valence-corrected chi connectivity index (χ4v) is 5.49. The molecule has 192 valence electrons. The Labute approximate surface area is 208 Å². The van der Waals surface area contributed by atoms with Crippen LogP contribution in [-0.2, 0) is 23.5 Å². The van der Waals surface area contributed by atoms with Gasteiger partial charge in [0.1, 0.15) is 24.1 Å². The molecule has 0 radical (unpaired) electrons. The molecule has 2 heterocycles. The van der Waals surface area contributed by atoms with E-state index >= 15 is 4.39 Å². The molecule has 1 atom stereocenters. The number of anilines is 2. The maximum atomic E-state index is 15.1. The number of aliphatic hydroxyl groups excluding tert-OH is 1. The van der Waals surface area contributed by atoms with Crippen LogP contribution in [0.3, 0.4) is 0 Å². The quantitative estimate of drug-likeness (QED) is 0.458. The van der Waals surface area contributed by atoms with Crippen molar-refractivity contribution in [3.8, 4) is 0 Å². The minimum Gasteiger partial charge on any atom is -0.390 e. The Morgan fingerprint density at radius 3 is 2.69 bits per heavy atom. The first-order valence-corrected chi connectivity index (χ1v) is 12.3. The molecule has 2 N–H and O–H groups in total. The second-order valence-electron chi connectivity index (χ2n) is 9.89. The number of ether oxygens (including phenoxy) is 1. The van der Waals surface area contributed by atoms with Gasteiger partial charge in [-0.15, -0.1) is 0 Å². The number of rotatable bonds is 8. The van der Waals surface area contributed by atoms with Crippen LogP contribution in [0.5, 0.6) is 0 Å². The van der Waals surface area contributed by atoms with Crippen LogP contribution in [0.4, 0.5) is 24.7 Å². The molecule has 1 aromatic heterocycles. The first-order valence-electron chi connectivity index (χ1n) is 12.3. The van der Waals surface area contributed by atoms with Gasteiger partial charge in [0.2, 0.25) is 0 Å². The van der Waals surface area contributed by atoms with Gasteiger partial charge in [-0.1, -0.05) is 12.1 Å². The molecule has 0 saturated carbocycles. The highest BCUT2D eigenvalue weighted by Crippen LogP contribution is 2.41. The second kappa shape index (κ2) is 9.52. The van der Waals surface area contributed by atoms with Gasteiger partial charge in [0.25, 0.3) is 5.92 Å². The lowest BCUT2D eigenvalue weighted by Gasteiger charge is -2.42. The SMILES string of the molecule is COCC1CN(c2cc3c(NC(C)c4cccc(C(F)(F)CO)c4F)nc(C)nc3c3c2CCC3)C1. The van der Waals surface area contributed by atoms with E-state index in [1.165, 1.54) is 28.9 Å². The van der Waals surface area contributed by atoms with Crippen molar-refractivity contribution in [1.82, 2.24) is 9.97 Å². The molecule has 1 unspecified atom stereocenters. The van der Waals surface area contributed by atoms with Crippen molar-refractivity contribution in [3.05, 3.63) is 58.2 Å². The summed E-state index contributed by atoms with van der Waals surface area (Å²) in [4.78, 5) is 11.7. The standard InChI is InChI=1S/C27H31F3N4O2/c1-15(18-6-5-9-22(24(18)28)27(29,30)14-35)31-26-21-10-23(34-11-17(12-34)13-36-3)19-7-4-8-20(19)25(21)32-16(2)33-26/h5-6,9-10,15,17,35H,4,7-8,11-14H2,1-3H3,(H,31,32,33). The molecule has 9 heteroatoms. The highest BCUT2D eigenvalue weighted by atomic mass is 19.3. The van der Waals surface area contributed by atoms with E-state index in [0.717, 1.165) is 55.9 Å². The Morgan fingerprint density at radius 2 is 1.97 bits per heavy atom. The lowest BCUT2D eigenvalue weighted by Crippen LogP contribution is -2.49. The molecule has 2 aliphatic rings. The van der Waals surface area contributed by atoms with Crippen molar-refractivity contribution in [3.63, 3.8) is 0 Å². The lowest BCUT2D eigenvalue weighted by molar-refractivity contribution is -0.0583. The number of aryl methyl sites for hydroxylation is 2. The van der Waals surface area contributed by atoms with Crippen LogP contribution < -0.4 is 10.2 Å². The Hall–Kier alpha value is -2.91. The molecule has 5 rings (SSSR count). The van der Waals surface area contributed by atoms with Crippen LogP contribution in [-0.4, -0.2) is 48.5 Å². The number of hydrogen-bond acceptors (Lipinski definition) is 6. The summed E-state index contributed by atoms with van der Waals surface area (Å²) in [5.41, 5.74) is 3.90. The fraction of sp³-hybridized carbons (Fsp3) is 0.481. The largest absolute Gasteiger partial charge is 0.390 e. The molecule has 1 saturated heterocycles. The van der Waals surface area contributed by atoms with E-state index in [4.69, 9.17) is 14.8 Å². The van der Waals surface area contributed by atoms with Gasteiger partial charge in [-0.25, -0.2) is 14.4 Å². The van der Waals surface area contributed by atoms with Crippen LogP contribution in [0.2, 0.25) is 0 Å². The first kappa shape index (κ1) is 24.8. The second-order valence-corrected chi connectivity index (χ2v) is 9.89. The monoisotopic (exact) mass is 500 g/mol. The number of aromatic nitrogens is 2. The molecule has 1 fully saturated rings. The van der Waals surface area contributed by atoms with E-state index in [0.29, 0.717) is 17.6 Å². The van der Waals surface area contributed by atoms with E-state index in [-0.39, 0.29) is 5.56 Å². The number of hydrogen-bond donors (Lipinski definition) is 2. The van der Waals surface area contributed by atoms with E-state index in [2.05, 4.69) is 21.3 Å². The third-order valence-electron chi connectivity index (χ3n) is 7.29. The van der Waals surface area contributed by atoms with Gasteiger partial charge in [0.05, 0.1) is 23.7 Å². The molecule has 0 spiro atoms. The molecule has 1 aliphatic heterocycles. The van der Waals surface area contributed by atoms with Gasteiger partial charge >= 0.3 is 0 Å². The summed E-state index contributed by atoms with van der Waals surface area (Å²) >= 11 is 0. The first-order chi connectivity index (χ1) is 17.2. The van der Waals surface area contributed by atoms with E-state index in [1.807, 2.05) is 6.92 Å². The number of benzene rings is 2. The highest BCUT2D eigenvalue weighted by molar-refractivity contribution is 5.96. The van der Waals surface area contributed by atoms with E-state index in [1.54, 1.807) is 14.0 Å². The Balaban J connectivity index is 1.54. The van der Waals surface area contributed by atoms with Crippen molar-refractivity contribution in [1.29, 1.82) is 0 Å². The zero-order valence-electron chi connectivity index (χ0n) is 20.7. The predicted molar refractivity (Wildman–Crippen MR) is 133 cm³/mol. The fourth-order valence-electron chi connectivity index (χ4n) is 5.49. The smallest absolute Gasteiger partial charge is 0.298 e. The van der Waals surface area contributed by atoms with Gasteiger partial charge in [-0.2, -0.15) is 8.78 Å². The maximum Gasteiger partial charge on any atom is 0.298 e. The number of methoxy groups -OCH3 is 1. The van der Waals surface area contributed by atoms with Gasteiger partial charge < -0.3 is 20.1 Å². The van der Waals surface area contributed by atoms with E-state index in [9.17, 15) is 8.78 Å². The van der Waals surface area contributed by atoms with Crippen LogP contribution in [0, 0.1) is 18.7 Å². The number of fused-ring (bicyclic) bond motifs is 3. The van der Waals surface area contributed by atoms with Gasteiger partial charge in [0, 0.05) is 42.8 Å². The van der Waals surface area contributed by atoms with E-state index < -0.39 is 30.0 Å². The third-order valence-corrected chi connectivity index (χ3v) is 7.29. The summed E-state index contributed by atoms with van der Waals surface area (Å²) in [6.45, 7) is 4.66. The molecule has 0 amide bonds. The predicted octanol–water partition coefficient (Wildman–Crippen LogP) is 4.91. The minimum absolute atomic E-state index is 0.0802. The zero-order chi connectivity index (χ0) is 25.6. The zero-order valence-corrected chi connectivity index (χ0v) is 20.7. The van der Waals surface area contributed by atoms with Crippen molar-refractivity contribution < 1.29 is 23.0 Å². The van der Waals surface area contributed by atoms with Crippen molar-refractivity contribution in [2.75, 3.05) is 43.6 Å². The van der Waals surface area contributed by atoms with Crippen LogP contribution in [0.1, 0.15) is 47.5 Å². The number of nitrogens with zero attached hydrogens (tertiary/aromatic N) is 3.